The molecule has 4 rings (SSSR count). The lowest BCUT2D eigenvalue weighted by molar-refractivity contribution is 0.0956. The minimum atomic E-state index is -0.234. The molecule has 0 bridgehead atoms. The van der Waals surface area contributed by atoms with E-state index in [0.29, 0.717) is 11.1 Å². The Morgan fingerprint density at radius 2 is 1.32 bits per heavy atom. The number of benzene rings is 2. The molecule has 41 heavy (non-hydrogen) atoms. The number of fused-ring (bicyclic) bond motifs is 2. The van der Waals surface area contributed by atoms with Crippen molar-refractivity contribution < 1.29 is 14.3 Å². The topological polar surface area (TPSA) is 77.3 Å². The summed E-state index contributed by atoms with van der Waals surface area (Å²) in [6.07, 6.45) is 5.34. The number of rotatable bonds is 8. The van der Waals surface area contributed by atoms with Crippen molar-refractivity contribution in [3.63, 3.8) is 0 Å². The van der Waals surface area contributed by atoms with Crippen LogP contribution in [0.4, 0.5) is 0 Å². The third kappa shape index (κ3) is 5.37. The summed E-state index contributed by atoms with van der Waals surface area (Å²) in [6, 6.07) is 8.59. The number of ether oxygens (including phenoxy) is 1. The monoisotopic (exact) mass is 556 g/mol. The van der Waals surface area contributed by atoms with Gasteiger partial charge in [-0.2, -0.15) is 0 Å². The molecule has 2 aromatic carbocycles. The predicted octanol–water partition coefficient (Wildman–Crippen LogP) is 6.47. The number of amides is 2. The molecular weight excluding hydrogens is 512 g/mol. The number of aryl methyl sites for hydroxylation is 2. The molecule has 2 heterocycles. The second kappa shape index (κ2) is 10.8. The van der Waals surface area contributed by atoms with Gasteiger partial charge in [-0.1, -0.05) is 41.2 Å². The molecule has 0 fully saturated rings. The summed E-state index contributed by atoms with van der Waals surface area (Å²) in [5.74, 6) is 0.523. The number of hydrogen-bond donors (Lipinski definition) is 2. The van der Waals surface area contributed by atoms with Crippen LogP contribution in [0.2, 0.25) is 0 Å². The lowest BCUT2D eigenvalue weighted by Crippen LogP contribution is -2.19. The number of hydrogen-bond acceptors (Lipinski definition) is 3. The van der Waals surface area contributed by atoms with Gasteiger partial charge in [0.05, 0.1) is 29.3 Å². The van der Waals surface area contributed by atoms with E-state index in [-0.39, 0.29) is 22.6 Å². The molecular formula is C34H44N4O3. The van der Waals surface area contributed by atoms with Gasteiger partial charge in [0.15, 0.2) is 0 Å². The zero-order valence-electron chi connectivity index (χ0n) is 26.2. The fourth-order valence-electron chi connectivity index (χ4n) is 5.67. The van der Waals surface area contributed by atoms with E-state index >= 15 is 0 Å². The Morgan fingerprint density at radius 3 is 1.83 bits per heavy atom. The molecule has 4 aromatic rings. The van der Waals surface area contributed by atoms with Gasteiger partial charge in [-0.3, -0.25) is 9.59 Å². The van der Waals surface area contributed by atoms with Gasteiger partial charge in [0.25, 0.3) is 11.8 Å². The highest BCUT2D eigenvalue weighted by molar-refractivity contribution is 6.10. The number of carbonyl (C=O) groups is 2. The van der Waals surface area contributed by atoms with Gasteiger partial charge in [-0.15, -0.1) is 0 Å². The maximum atomic E-state index is 12.7. The van der Waals surface area contributed by atoms with Gasteiger partial charge < -0.3 is 24.5 Å². The second-order valence-corrected chi connectivity index (χ2v) is 12.7. The van der Waals surface area contributed by atoms with Crippen LogP contribution in [0.15, 0.2) is 43.2 Å². The van der Waals surface area contributed by atoms with Gasteiger partial charge in [0.2, 0.25) is 0 Å². The second-order valence-electron chi connectivity index (χ2n) is 12.7. The Kier molecular flexibility index (Phi) is 7.87. The van der Waals surface area contributed by atoms with E-state index in [0.717, 1.165) is 62.7 Å². The van der Waals surface area contributed by atoms with Crippen LogP contribution in [0.25, 0.3) is 27.4 Å². The summed E-state index contributed by atoms with van der Waals surface area (Å²) < 4.78 is 9.77. The fraction of sp³-hybridized carbons (Fsp3) is 0.412. The standard InChI is InChI=1S/C34H44N4O3/c1-20(23-14-21(33(2,3)4)15-24-26(31(39)35-7)18-37(9)29(23)24)12-13-34(5,6)22-16-25-27(32(40)36-8)19-38(10)30(25)28(17-22)41-11/h14-19H,1,12-13H2,2-11H3,(H,35,39)(H,36,40). The summed E-state index contributed by atoms with van der Waals surface area (Å²) in [7, 11) is 8.89. The fourth-order valence-corrected chi connectivity index (χ4v) is 5.67. The summed E-state index contributed by atoms with van der Waals surface area (Å²) in [5.41, 5.74) is 7.23. The maximum Gasteiger partial charge on any atom is 0.253 e. The quantitative estimate of drug-likeness (QED) is 0.261. The van der Waals surface area contributed by atoms with E-state index < -0.39 is 0 Å². The van der Waals surface area contributed by atoms with Crippen LogP contribution in [0.3, 0.4) is 0 Å². The molecule has 2 aromatic heterocycles. The summed E-state index contributed by atoms with van der Waals surface area (Å²) >= 11 is 0. The molecule has 0 radical (unpaired) electrons. The molecule has 0 atom stereocenters. The first kappa shape index (κ1) is 30.0. The molecule has 2 amide bonds. The molecule has 0 aliphatic heterocycles. The van der Waals surface area contributed by atoms with Crippen LogP contribution in [-0.4, -0.2) is 42.2 Å². The molecule has 0 unspecified atom stereocenters. The maximum absolute atomic E-state index is 12.7. The average Bonchev–Trinajstić information content (AvgIpc) is 3.46. The number of methoxy groups -OCH3 is 1. The van der Waals surface area contributed by atoms with E-state index in [1.807, 2.05) is 35.6 Å². The van der Waals surface area contributed by atoms with Crippen molar-refractivity contribution in [1.82, 2.24) is 19.8 Å². The zero-order chi connectivity index (χ0) is 30.4. The third-order valence-electron chi connectivity index (χ3n) is 8.36. The molecule has 0 saturated heterocycles. The minimum Gasteiger partial charge on any atom is -0.495 e. The Hall–Kier alpha value is -4.00. The van der Waals surface area contributed by atoms with E-state index in [4.69, 9.17) is 4.74 Å². The zero-order valence-corrected chi connectivity index (χ0v) is 26.2. The summed E-state index contributed by atoms with van der Waals surface area (Å²) in [5, 5.41) is 7.35. The Labute approximate surface area is 243 Å². The number of carbonyl (C=O) groups excluding carboxylic acids is 2. The smallest absolute Gasteiger partial charge is 0.253 e. The predicted molar refractivity (Wildman–Crippen MR) is 169 cm³/mol. The van der Waals surface area contributed by atoms with Crippen LogP contribution >= 0.6 is 0 Å². The van der Waals surface area contributed by atoms with Crippen molar-refractivity contribution in [3.05, 3.63) is 71.1 Å². The van der Waals surface area contributed by atoms with Crippen LogP contribution in [0, 0.1) is 0 Å². The molecule has 0 aliphatic carbocycles. The first-order valence-electron chi connectivity index (χ1n) is 14.1. The SMILES string of the molecule is C=C(CCC(C)(C)c1cc(OC)c2c(c1)c(C(=O)NC)cn2C)c1cc(C(C)(C)C)cc2c(C(=O)NC)cn(C)c12. The molecule has 2 N–H and O–H groups in total. The first-order chi connectivity index (χ1) is 19.1. The molecule has 0 saturated carbocycles. The van der Waals surface area contributed by atoms with Crippen molar-refractivity contribution >= 4 is 39.2 Å². The molecule has 0 spiro atoms. The van der Waals surface area contributed by atoms with Crippen LogP contribution in [0.5, 0.6) is 5.75 Å². The molecule has 0 aliphatic rings. The van der Waals surface area contributed by atoms with E-state index in [9.17, 15) is 9.59 Å². The van der Waals surface area contributed by atoms with Crippen LogP contribution in [0.1, 0.15) is 84.9 Å². The average molecular weight is 557 g/mol. The molecule has 7 heteroatoms. The van der Waals surface area contributed by atoms with E-state index in [1.165, 1.54) is 0 Å². The van der Waals surface area contributed by atoms with Crippen LogP contribution < -0.4 is 15.4 Å². The van der Waals surface area contributed by atoms with Gasteiger partial charge in [-0.25, -0.2) is 0 Å². The highest BCUT2D eigenvalue weighted by atomic mass is 16.5. The van der Waals surface area contributed by atoms with E-state index in [2.05, 4.69) is 76.1 Å². The third-order valence-corrected chi connectivity index (χ3v) is 8.36. The van der Waals surface area contributed by atoms with Crippen molar-refractivity contribution in [1.29, 1.82) is 0 Å². The first-order valence-corrected chi connectivity index (χ1v) is 14.1. The van der Waals surface area contributed by atoms with E-state index in [1.54, 1.807) is 21.2 Å². The largest absolute Gasteiger partial charge is 0.495 e. The van der Waals surface area contributed by atoms with Crippen LogP contribution in [-0.2, 0) is 24.9 Å². The van der Waals surface area contributed by atoms with Gasteiger partial charge in [-0.05, 0) is 64.6 Å². The number of aromatic nitrogens is 2. The van der Waals surface area contributed by atoms with Gasteiger partial charge >= 0.3 is 0 Å². The Balaban J connectivity index is 1.75. The van der Waals surface area contributed by atoms with Gasteiger partial charge in [0.1, 0.15) is 5.75 Å². The Morgan fingerprint density at radius 1 is 0.805 bits per heavy atom. The lowest BCUT2D eigenvalue weighted by atomic mass is 9.78. The van der Waals surface area contributed by atoms with Crippen molar-refractivity contribution in [2.45, 2.75) is 58.3 Å². The highest BCUT2D eigenvalue weighted by Gasteiger charge is 2.27. The number of nitrogens with zero attached hydrogens (tertiary/aromatic N) is 2. The highest BCUT2D eigenvalue weighted by Crippen LogP contribution is 2.40. The normalized spacial score (nSPS) is 12.1. The molecule has 218 valence electrons. The summed E-state index contributed by atoms with van der Waals surface area (Å²) in [4.78, 5) is 25.4. The Bertz CT molecular complexity index is 1680. The molecule has 7 nitrogen and oxygen atoms in total. The number of allylic oxidation sites excluding steroid dienone is 1. The minimum absolute atomic E-state index is 0.0948. The number of nitrogens with one attached hydrogen (secondary N) is 2. The van der Waals surface area contributed by atoms with Crippen molar-refractivity contribution in [2.24, 2.45) is 14.1 Å². The van der Waals surface area contributed by atoms with Gasteiger partial charge in [0, 0.05) is 56.9 Å². The van der Waals surface area contributed by atoms with Crippen molar-refractivity contribution in [2.75, 3.05) is 21.2 Å². The summed E-state index contributed by atoms with van der Waals surface area (Å²) in [6.45, 7) is 15.5. The van der Waals surface area contributed by atoms with Crippen molar-refractivity contribution in [3.8, 4) is 5.75 Å². The lowest BCUT2D eigenvalue weighted by Gasteiger charge is -2.27.